The molecule has 46 heavy (non-hydrogen) atoms. The number of hydrogen-bond acceptors (Lipinski definition) is 9. The first kappa shape index (κ1) is 36.2. The summed E-state index contributed by atoms with van der Waals surface area (Å²) in [6.07, 6.45) is 11.5. The van der Waals surface area contributed by atoms with Crippen molar-refractivity contribution >= 4 is 28.7 Å². The molecule has 6 rings (SSSR count). The predicted molar refractivity (Wildman–Crippen MR) is 173 cm³/mol. The molecule has 0 saturated carbocycles. The molecule has 3 aliphatic rings. The largest absolute Gasteiger partial charge is 0.467 e. The van der Waals surface area contributed by atoms with Gasteiger partial charge in [-0.25, -0.2) is 23.1 Å². The average Bonchev–Trinajstić information content (AvgIpc) is 3.65. The third-order valence-corrected chi connectivity index (χ3v) is 7.60. The van der Waals surface area contributed by atoms with Crippen molar-refractivity contribution in [3.63, 3.8) is 0 Å². The summed E-state index contributed by atoms with van der Waals surface area (Å²) in [5, 5.41) is 0.443. The summed E-state index contributed by atoms with van der Waals surface area (Å²) in [5.74, 6) is 1.05. The molecule has 0 radical (unpaired) electrons. The second kappa shape index (κ2) is 17.4. The van der Waals surface area contributed by atoms with Crippen LogP contribution >= 0.6 is 0 Å². The molecular formula is C33H43F3N8O2. The lowest BCUT2D eigenvalue weighted by Gasteiger charge is -2.35. The van der Waals surface area contributed by atoms with Gasteiger partial charge in [-0.1, -0.05) is 13.8 Å². The lowest BCUT2D eigenvalue weighted by atomic mass is 10.1. The monoisotopic (exact) mass is 640 g/mol. The topological polar surface area (TPSA) is 100 Å². The Morgan fingerprint density at radius 1 is 1.11 bits per heavy atom. The maximum absolute atomic E-state index is 14.6. The molecule has 0 spiro atoms. The number of anilines is 1. The summed E-state index contributed by atoms with van der Waals surface area (Å²) >= 11 is 0. The van der Waals surface area contributed by atoms with Crippen molar-refractivity contribution in [3.8, 4) is 18.4 Å². The van der Waals surface area contributed by atoms with E-state index in [0.29, 0.717) is 48.4 Å². The quantitative estimate of drug-likeness (QED) is 0.285. The van der Waals surface area contributed by atoms with E-state index in [0.717, 1.165) is 19.0 Å². The zero-order chi connectivity index (χ0) is 33.8. The number of halogens is 3. The van der Waals surface area contributed by atoms with Crippen molar-refractivity contribution in [2.45, 2.75) is 66.1 Å². The molecule has 13 heteroatoms. The maximum Gasteiger partial charge on any atom is 0.318 e. The Kier molecular flexibility index (Phi) is 13.7. The van der Waals surface area contributed by atoms with Gasteiger partial charge in [-0.3, -0.25) is 14.7 Å². The van der Waals surface area contributed by atoms with E-state index in [1.165, 1.54) is 43.3 Å². The minimum Gasteiger partial charge on any atom is -0.467 e. The number of hydrogen-bond donors (Lipinski definition) is 0. The molecule has 0 bridgehead atoms. The molecule has 248 valence electrons. The van der Waals surface area contributed by atoms with Crippen LogP contribution in [0.15, 0.2) is 24.3 Å². The molecule has 2 atom stereocenters. The van der Waals surface area contributed by atoms with Gasteiger partial charge in [0.25, 0.3) is 5.91 Å². The van der Waals surface area contributed by atoms with Crippen LogP contribution in [-0.2, 0) is 4.79 Å². The number of aryl methyl sites for hydroxylation is 2. The van der Waals surface area contributed by atoms with Crippen LogP contribution in [-0.4, -0.2) is 99.2 Å². The molecule has 3 aliphatic heterocycles. The molecule has 3 aromatic rings. The number of fused-ring (bicyclic) bond motifs is 2. The van der Waals surface area contributed by atoms with Crippen LogP contribution in [0.25, 0.3) is 17.0 Å². The summed E-state index contributed by atoms with van der Waals surface area (Å²) in [7, 11) is 1.40. The van der Waals surface area contributed by atoms with Crippen molar-refractivity contribution in [1.29, 1.82) is 0 Å². The number of amides is 1. The average molecular weight is 641 g/mol. The van der Waals surface area contributed by atoms with Gasteiger partial charge >= 0.3 is 6.01 Å². The van der Waals surface area contributed by atoms with Crippen LogP contribution < -0.4 is 9.64 Å². The fourth-order valence-electron chi connectivity index (χ4n) is 5.49. The van der Waals surface area contributed by atoms with Gasteiger partial charge in [0, 0.05) is 57.2 Å². The molecule has 3 aromatic heterocycles. The predicted octanol–water partition coefficient (Wildman–Crippen LogP) is 5.10. The second-order valence-electron chi connectivity index (χ2n) is 10.7. The SMILES string of the molecule is C#CC.CC.COc1nc(N2CCN(C(=O)/C(F)=C/c3ccnc(C)n3)CC2)c2cnc(C)c(F)c2n1.FC1CC2CCCN2C1. The van der Waals surface area contributed by atoms with Crippen molar-refractivity contribution in [3.05, 3.63) is 47.3 Å². The van der Waals surface area contributed by atoms with Crippen LogP contribution in [0, 0.1) is 32.0 Å². The minimum atomic E-state index is -0.896. The third-order valence-electron chi connectivity index (χ3n) is 7.60. The summed E-state index contributed by atoms with van der Waals surface area (Å²) < 4.78 is 46.8. The van der Waals surface area contributed by atoms with E-state index >= 15 is 0 Å². The smallest absolute Gasteiger partial charge is 0.318 e. The number of ether oxygens (including phenoxy) is 1. The van der Waals surface area contributed by atoms with Crippen LogP contribution in [0.3, 0.4) is 0 Å². The molecule has 0 aromatic carbocycles. The maximum atomic E-state index is 14.6. The Hall–Kier alpha value is -4.31. The number of methoxy groups -OCH3 is 1. The van der Waals surface area contributed by atoms with Gasteiger partial charge in [0.1, 0.15) is 23.3 Å². The van der Waals surface area contributed by atoms with Gasteiger partial charge < -0.3 is 14.5 Å². The number of alkyl halides is 1. The third kappa shape index (κ3) is 9.13. The first-order chi connectivity index (χ1) is 22.1. The van der Waals surface area contributed by atoms with Crippen LogP contribution in [0.4, 0.5) is 19.0 Å². The van der Waals surface area contributed by atoms with Gasteiger partial charge in [0.2, 0.25) is 0 Å². The summed E-state index contributed by atoms with van der Waals surface area (Å²) in [6.45, 7) is 12.0. The van der Waals surface area contributed by atoms with E-state index < -0.39 is 23.7 Å². The highest BCUT2D eigenvalue weighted by Crippen LogP contribution is 2.30. The zero-order valence-corrected chi connectivity index (χ0v) is 27.4. The highest BCUT2D eigenvalue weighted by Gasteiger charge is 2.34. The Labute approximate surface area is 269 Å². The first-order valence-corrected chi connectivity index (χ1v) is 15.5. The molecule has 0 aliphatic carbocycles. The van der Waals surface area contributed by atoms with Gasteiger partial charge in [0.05, 0.1) is 23.9 Å². The van der Waals surface area contributed by atoms with Crippen molar-refractivity contribution in [2.75, 3.05) is 51.3 Å². The summed E-state index contributed by atoms with van der Waals surface area (Å²) in [4.78, 5) is 38.7. The van der Waals surface area contributed by atoms with Gasteiger partial charge in [-0.15, -0.1) is 12.3 Å². The van der Waals surface area contributed by atoms with Gasteiger partial charge in [-0.05, 0) is 52.6 Å². The number of nitrogens with zero attached hydrogens (tertiary/aromatic N) is 8. The fourth-order valence-corrected chi connectivity index (χ4v) is 5.49. The standard InChI is InChI=1S/C21H21F2N7O2.C7H12FN.C3H4.C2H6/c1-12-17(23)18-15(11-25-12)19(28-21(27-18)32-3)29-6-8-30(9-7-29)20(31)16(22)10-14-4-5-24-13(2)26-14;8-6-4-7-2-1-3-9(7)5-6;1-3-2;1-2/h4-5,10-11H,6-9H2,1-3H3;6-7H,1-5H2;1H,2H3;1-2H3/b16-10-;;;. The Balaban J connectivity index is 0.000000341. The number of rotatable bonds is 4. The number of terminal acetylenes is 1. The zero-order valence-electron chi connectivity index (χ0n) is 27.4. The lowest BCUT2D eigenvalue weighted by Crippen LogP contribution is -2.49. The van der Waals surface area contributed by atoms with Crippen LogP contribution in [0.2, 0.25) is 0 Å². The number of piperazine rings is 1. The van der Waals surface area contributed by atoms with E-state index in [4.69, 9.17) is 4.74 Å². The lowest BCUT2D eigenvalue weighted by molar-refractivity contribution is -0.128. The van der Waals surface area contributed by atoms with Crippen molar-refractivity contribution < 1.29 is 22.7 Å². The van der Waals surface area contributed by atoms with E-state index in [2.05, 4.69) is 42.2 Å². The normalized spacial score (nSPS) is 19.1. The minimum absolute atomic E-state index is 0.0321. The highest BCUT2D eigenvalue weighted by molar-refractivity contribution is 5.95. The molecule has 10 nitrogen and oxygen atoms in total. The summed E-state index contributed by atoms with van der Waals surface area (Å²) in [6, 6.07) is 2.17. The van der Waals surface area contributed by atoms with Gasteiger partial charge in [-0.2, -0.15) is 9.97 Å². The Morgan fingerprint density at radius 3 is 2.43 bits per heavy atom. The molecule has 1 amide bonds. The van der Waals surface area contributed by atoms with Crippen LogP contribution in [0.5, 0.6) is 6.01 Å². The summed E-state index contributed by atoms with van der Waals surface area (Å²) in [5.41, 5.74) is 0.666. The van der Waals surface area contributed by atoms with Crippen LogP contribution in [0.1, 0.15) is 57.2 Å². The number of carbonyl (C=O) groups excluding carboxylic acids is 1. The molecule has 0 N–H and O–H groups in total. The fraction of sp³-hybridized carbons (Fsp3) is 0.515. The van der Waals surface area contributed by atoms with Crippen molar-refractivity contribution in [2.24, 2.45) is 0 Å². The van der Waals surface area contributed by atoms with Gasteiger partial charge in [0.15, 0.2) is 11.6 Å². The first-order valence-electron chi connectivity index (χ1n) is 15.5. The second-order valence-corrected chi connectivity index (χ2v) is 10.7. The number of carbonyl (C=O) groups is 1. The highest BCUT2D eigenvalue weighted by atomic mass is 19.1. The molecular weight excluding hydrogens is 597 g/mol. The molecule has 6 heterocycles. The Morgan fingerprint density at radius 2 is 1.80 bits per heavy atom. The Bertz CT molecular complexity index is 1530. The molecule has 3 fully saturated rings. The van der Waals surface area contributed by atoms with E-state index in [1.807, 2.05) is 18.7 Å². The number of aromatic nitrogens is 5. The van der Waals surface area contributed by atoms with E-state index in [1.54, 1.807) is 20.8 Å². The van der Waals surface area contributed by atoms with E-state index in [9.17, 15) is 18.0 Å². The molecule has 2 unspecified atom stereocenters. The van der Waals surface area contributed by atoms with Crippen molar-refractivity contribution in [1.82, 2.24) is 34.7 Å². The molecule has 3 saturated heterocycles. The number of pyridine rings is 1. The van der Waals surface area contributed by atoms with E-state index in [-0.39, 0.29) is 30.3 Å².